The molecule has 4 rings (SSSR count). The van der Waals surface area contributed by atoms with Crippen molar-refractivity contribution in [1.82, 2.24) is 20.1 Å². The lowest BCUT2D eigenvalue weighted by Crippen LogP contribution is -2.24. The highest BCUT2D eigenvalue weighted by Gasteiger charge is 2.20. The third kappa shape index (κ3) is 3.89. The second-order valence-electron chi connectivity index (χ2n) is 7.61. The molecule has 6 heteroatoms. The van der Waals surface area contributed by atoms with Gasteiger partial charge in [0.15, 0.2) is 5.65 Å². The molecule has 0 saturated carbocycles. The van der Waals surface area contributed by atoms with Gasteiger partial charge in [0.1, 0.15) is 0 Å². The predicted molar refractivity (Wildman–Crippen MR) is 120 cm³/mol. The first kappa shape index (κ1) is 19.6. The monoisotopic (exact) mass is 399 g/mol. The number of carbonyl (C=O) groups is 1. The molecule has 0 aliphatic heterocycles. The predicted octanol–water partition coefficient (Wildman–Crippen LogP) is 4.57. The summed E-state index contributed by atoms with van der Waals surface area (Å²) in [6.07, 6.45) is 1.62. The van der Waals surface area contributed by atoms with Crippen LogP contribution in [0.5, 0.6) is 0 Å². The molecule has 2 heterocycles. The zero-order valence-corrected chi connectivity index (χ0v) is 17.7. The number of nitrogens with zero attached hydrogens (tertiary/aromatic N) is 3. The van der Waals surface area contributed by atoms with Crippen molar-refractivity contribution in [2.45, 2.75) is 27.3 Å². The second-order valence-corrected chi connectivity index (χ2v) is 7.61. The maximum absolute atomic E-state index is 13.1. The van der Waals surface area contributed by atoms with Crippen molar-refractivity contribution in [3.63, 3.8) is 0 Å². The fourth-order valence-corrected chi connectivity index (χ4v) is 3.48. The van der Waals surface area contributed by atoms with E-state index in [0.29, 0.717) is 12.1 Å². The normalized spacial score (nSPS) is 10.9. The van der Waals surface area contributed by atoms with E-state index >= 15 is 0 Å². The molecule has 0 bridgehead atoms. The Bertz CT molecular complexity index is 1210. The van der Waals surface area contributed by atoms with Gasteiger partial charge in [-0.3, -0.25) is 9.48 Å². The van der Waals surface area contributed by atoms with Crippen molar-refractivity contribution in [2.75, 3.05) is 5.32 Å². The third-order valence-electron chi connectivity index (χ3n) is 5.17. The van der Waals surface area contributed by atoms with Gasteiger partial charge < -0.3 is 10.6 Å². The number of hydrogen-bond donors (Lipinski definition) is 2. The molecule has 0 atom stereocenters. The van der Waals surface area contributed by atoms with Gasteiger partial charge in [-0.2, -0.15) is 5.10 Å². The van der Waals surface area contributed by atoms with Crippen LogP contribution in [0.4, 0.5) is 11.4 Å². The van der Waals surface area contributed by atoms with Crippen LogP contribution in [-0.4, -0.2) is 20.7 Å². The average Bonchev–Trinajstić information content (AvgIpc) is 3.03. The smallest absolute Gasteiger partial charge is 0.255 e. The molecule has 0 aliphatic rings. The van der Waals surface area contributed by atoms with Gasteiger partial charge in [-0.05, 0) is 38.5 Å². The fourth-order valence-electron chi connectivity index (χ4n) is 3.48. The molecule has 2 aromatic carbocycles. The highest BCUT2D eigenvalue weighted by molar-refractivity contribution is 6.08. The Morgan fingerprint density at radius 3 is 2.27 bits per heavy atom. The number of carbonyl (C=O) groups excluding carboxylic acids is 1. The minimum Gasteiger partial charge on any atom is -0.354 e. The van der Waals surface area contributed by atoms with Crippen LogP contribution < -0.4 is 10.6 Å². The molecule has 0 saturated heterocycles. The number of pyridine rings is 1. The SMILES string of the molecule is Cc1ccc(CNC(=O)c2cnc3c(c(C)nn3C)c2Nc2ccc(C)cc2)cc1. The molecule has 0 unspecified atom stereocenters. The molecule has 0 fully saturated rings. The van der Waals surface area contributed by atoms with E-state index in [1.165, 1.54) is 11.1 Å². The van der Waals surface area contributed by atoms with E-state index in [2.05, 4.69) is 20.7 Å². The number of benzene rings is 2. The quantitative estimate of drug-likeness (QED) is 0.516. The second kappa shape index (κ2) is 7.99. The first-order valence-electron chi connectivity index (χ1n) is 9.92. The largest absolute Gasteiger partial charge is 0.354 e. The van der Waals surface area contributed by atoms with E-state index in [4.69, 9.17) is 0 Å². The van der Waals surface area contributed by atoms with Crippen LogP contribution in [0, 0.1) is 20.8 Å². The summed E-state index contributed by atoms with van der Waals surface area (Å²) in [5.74, 6) is -0.178. The molecule has 4 aromatic rings. The van der Waals surface area contributed by atoms with Crippen LogP contribution in [0.15, 0.2) is 54.7 Å². The van der Waals surface area contributed by atoms with E-state index in [0.717, 1.165) is 33.7 Å². The van der Waals surface area contributed by atoms with Crippen molar-refractivity contribution in [3.8, 4) is 0 Å². The molecule has 152 valence electrons. The van der Waals surface area contributed by atoms with Gasteiger partial charge in [0.2, 0.25) is 0 Å². The van der Waals surface area contributed by atoms with Crippen LogP contribution >= 0.6 is 0 Å². The molecule has 1 amide bonds. The molecule has 30 heavy (non-hydrogen) atoms. The average molecular weight is 399 g/mol. The summed E-state index contributed by atoms with van der Waals surface area (Å²) in [4.78, 5) is 17.6. The summed E-state index contributed by atoms with van der Waals surface area (Å²) in [5.41, 5.74) is 7.09. The molecule has 6 nitrogen and oxygen atoms in total. The van der Waals surface area contributed by atoms with Gasteiger partial charge in [-0.15, -0.1) is 0 Å². The maximum Gasteiger partial charge on any atom is 0.255 e. The van der Waals surface area contributed by atoms with Crippen molar-refractivity contribution in [1.29, 1.82) is 0 Å². The number of amides is 1. The molecule has 0 radical (unpaired) electrons. The third-order valence-corrected chi connectivity index (χ3v) is 5.17. The molecular formula is C24H25N5O. The van der Waals surface area contributed by atoms with Crippen LogP contribution in [0.1, 0.15) is 32.7 Å². The Labute approximate surface area is 176 Å². The summed E-state index contributed by atoms with van der Waals surface area (Å²) in [6.45, 7) is 6.47. The molecule has 0 spiro atoms. The van der Waals surface area contributed by atoms with E-state index in [9.17, 15) is 4.79 Å². The fraction of sp³-hybridized carbons (Fsp3) is 0.208. The van der Waals surface area contributed by atoms with Crippen molar-refractivity contribution >= 4 is 28.3 Å². The molecule has 2 aromatic heterocycles. The van der Waals surface area contributed by atoms with E-state index in [1.807, 2.05) is 76.3 Å². The van der Waals surface area contributed by atoms with Gasteiger partial charge in [-0.25, -0.2) is 4.98 Å². The summed E-state index contributed by atoms with van der Waals surface area (Å²) in [5, 5.41) is 11.8. The molecule has 2 N–H and O–H groups in total. The summed E-state index contributed by atoms with van der Waals surface area (Å²) in [7, 11) is 1.86. The van der Waals surface area contributed by atoms with Crippen molar-refractivity contribution in [2.24, 2.45) is 7.05 Å². The minimum atomic E-state index is -0.178. The first-order chi connectivity index (χ1) is 14.4. The first-order valence-corrected chi connectivity index (χ1v) is 9.92. The van der Waals surface area contributed by atoms with Crippen LogP contribution in [0.3, 0.4) is 0 Å². The molecule has 0 aliphatic carbocycles. The number of anilines is 2. The van der Waals surface area contributed by atoms with Crippen molar-refractivity contribution in [3.05, 3.63) is 82.7 Å². The molecular weight excluding hydrogens is 374 g/mol. The highest BCUT2D eigenvalue weighted by atomic mass is 16.1. The van der Waals surface area contributed by atoms with Crippen LogP contribution in [0.25, 0.3) is 11.0 Å². The minimum absolute atomic E-state index is 0.178. The lowest BCUT2D eigenvalue weighted by atomic mass is 10.1. The van der Waals surface area contributed by atoms with E-state index < -0.39 is 0 Å². The number of aryl methyl sites for hydroxylation is 4. The van der Waals surface area contributed by atoms with Gasteiger partial charge in [-0.1, -0.05) is 47.5 Å². The Balaban J connectivity index is 1.70. The number of rotatable bonds is 5. The Morgan fingerprint density at radius 2 is 1.60 bits per heavy atom. The van der Waals surface area contributed by atoms with E-state index in [1.54, 1.807) is 10.9 Å². The Hall–Kier alpha value is -3.67. The lowest BCUT2D eigenvalue weighted by Gasteiger charge is -2.14. The van der Waals surface area contributed by atoms with Gasteiger partial charge >= 0.3 is 0 Å². The number of aromatic nitrogens is 3. The summed E-state index contributed by atoms with van der Waals surface area (Å²) in [6, 6.07) is 16.2. The number of hydrogen-bond acceptors (Lipinski definition) is 4. The van der Waals surface area contributed by atoms with Crippen LogP contribution in [0.2, 0.25) is 0 Å². The summed E-state index contributed by atoms with van der Waals surface area (Å²) >= 11 is 0. The van der Waals surface area contributed by atoms with Crippen molar-refractivity contribution < 1.29 is 4.79 Å². The maximum atomic E-state index is 13.1. The van der Waals surface area contributed by atoms with Gasteiger partial charge in [0.25, 0.3) is 5.91 Å². The number of nitrogens with one attached hydrogen (secondary N) is 2. The van der Waals surface area contributed by atoms with Gasteiger partial charge in [0.05, 0.1) is 22.3 Å². The Kier molecular flexibility index (Phi) is 5.23. The standard InChI is InChI=1S/C24H25N5O/c1-15-5-9-18(10-6-15)13-26-24(30)20-14-25-23-21(17(3)28-29(23)4)22(20)27-19-11-7-16(2)8-12-19/h5-12,14H,13H2,1-4H3,(H,25,27)(H,26,30). The van der Waals surface area contributed by atoms with E-state index in [-0.39, 0.29) is 5.91 Å². The van der Waals surface area contributed by atoms with Gasteiger partial charge in [0, 0.05) is 25.5 Å². The summed E-state index contributed by atoms with van der Waals surface area (Å²) < 4.78 is 1.74. The topological polar surface area (TPSA) is 71.8 Å². The lowest BCUT2D eigenvalue weighted by molar-refractivity contribution is 0.0951. The number of fused-ring (bicyclic) bond motifs is 1. The zero-order valence-electron chi connectivity index (χ0n) is 17.7. The highest BCUT2D eigenvalue weighted by Crippen LogP contribution is 2.31. The Morgan fingerprint density at radius 1 is 0.967 bits per heavy atom. The zero-order chi connectivity index (χ0) is 21.3. The van der Waals surface area contributed by atoms with Crippen LogP contribution in [-0.2, 0) is 13.6 Å².